The summed E-state index contributed by atoms with van der Waals surface area (Å²) in [6, 6.07) is 3.64. The summed E-state index contributed by atoms with van der Waals surface area (Å²) < 4.78 is 23.2. The Morgan fingerprint density at radius 2 is 2.41 bits per heavy atom. The molecule has 1 N–H and O–H groups in total. The molecular formula is C11H13N3O2S. The SMILES string of the molecule is N#Cc1ccncc1NCC1CCCS1(=O)=O. The number of anilines is 1. The van der Waals surface area contributed by atoms with Crippen LogP contribution in [0.15, 0.2) is 18.5 Å². The molecule has 2 heterocycles. The quantitative estimate of drug-likeness (QED) is 0.864. The first-order chi connectivity index (χ1) is 8.13. The summed E-state index contributed by atoms with van der Waals surface area (Å²) >= 11 is 0. The van der Waals surface area contributed by atoms with Crippen molar-refractivity contribution < 1.29 is 8.42 Å². The normalized spacial score (nSPS) is 21.9. The van der Waals surface area contributed by atoms with Crippen LogP contribution < -0.4 is 5.32 Å². The Hall–Kier alpha value is -1.61. The highest BCUT2D eigenvalue weighted by Gasteiger charge is 2.30. The molecule has 1 aromatic rings. The molecule has 1 fully saturated rings. The number of nitrogens with one attached hydrogen (secondary N) is 1. The lowest BCUT2D eigenvalue weighted by Gasteiger charge is -2.12. The summed E-state index contributed by atoms with van der Waals surface area (Å²) in [4.78, 5) is 3.91. The number of nitrogens with zero attached hydrogens (tertiary/aromatic N) is 2. The van der Waals surface area contributed by atoms with Crippen LogP contribution in [0.4, 0.5) is 5.69 Å². The van der Waals surface area contributed by atoms with E-state index in [4.69, 9.17) is 5.26 Å². The summed E-state index contributed by atoms with van der Waals surface area (Å²) in [5.74, 6) is 0.275. The van der Waals surface area contributed by atoms with E-state index in [1.54, 1.807) is 12.3 Å². The minimum Gasteiger partial charge on any atom is -0.381 e. The molecule has 0 bridgehead atoms. The number of rotatable bonds is 3. The highest BCUT2D eigenvalue weighted by Crippen LogP contribution is 2.21. The Kier molecular flexibility index (Phi) is 3.29. The van der Waals surface area contributed by atoms with Crippen LogP contribution in [0.25, 0.3) is 0 Å². The second-order valence-electron chi connectivity index (χ2n) is 4.05. The standard InChI is InChI=1S/C11H13N3O2S/c12-6-9-3-4-13-8-11(9)14-7-10-2-1-5-17(10,15)16/h3-4,8,10,14H,1-2,5,7H2. The first-order valence-electron chi connectivity index (χ1n) is 5.43. The van der Waals surface area contributed by atoms with Gasteiger partial charge in [-0.25, -0.2) is 8.42 Å². The lowest BCUT2D eigenvalue weighted by atomic mass is 10.2. The van der Waals surface area contributed by atoms with Crippen molar-refractivity contribution in [3.05, 3.63) is 24.0 Å². The summed E-state index contributed by atoms with van der Waals surface area (Å²) in [5.41, 5.74) is 1.08. The van der Waals surface area contributed by atoms with Gasteiger partial charge in [0, 0.05) is 12.7 Å². The third-order valence-electron chi connectivity index (χ3n) is 2.92. The Morgan fingerprint density at radius 3 is 3.06 bits per heavy atom. The van der Waals surface area contributed by atoms with Crippen molar-refractivity contribution in [2.45, 2.75) is 18.1 Å². The van der Waals surface area contributed by atoms with Crippen molar-refractivity contribution in [3.63, 3.8) is 0 Å². The zero-order valence-corrected chi connectivity index (χ0v) is 10.1. The molecule has 0 aliphatic carbocycles. The number of hydrogen-bond acceptors (Lipinski definition) is 5. The maximum absolute atomic E-state index is 11.6. The van der Waals surface area contributed by atoms with E-state index in [1.165, 1.54) is 6.20 Å². The number of pyridine rings is 1. The molecule has 0 aromatic carbocycles. The van der Waals surface area contributed by atoms with Gasteiger partial charge < -0.3 is 5.32 Å². The Morgan fingerprint density at radius 1 is 1.59 bits per heavy atom. The van der Waals surface area contributed by atoms with Crippen molar-refractivity contribution in [1.82, 2.24) is 4.98 Å². The predicted molar refractivity (Wildman–Crippen MR) is 64.3 cm³/mol. The van der Waals surface area contributed by atoms with Gasteiger partial charge in [0.1, 0.15) is 6.07 Å². The van der Waals surface area contributed by atoms with Gasteiger partial charge in [0.2, 0.25) is 0 Å². The van der Waals surface area contributed by atoms with E-state index in [9.17, 15) is 8.42 Å². The fourth-order valence-electron chi connectivity index (χ4n) is 1.94. The smallest absolute Gasteiger partial charge is 0.154 e. The molecule has 0 amide bonds. The van der Waals surface area contributed by atoms with E-state index in [2.05, 4.69) is 10.3 Å². The van der Waals surface area contributed by atoms with Crippen LogP contribution in [-0.4, -0.2) is 30.9 Å². The minimum absolute atomic E-state index is 0.275. The second kappa shape index (κ2) is 4.72. The van der Waals surface area contributed by atoms with E-state index < -0.39 is 9.84 Å². The molecule has 0 spiro atoms. The first kappa shape index (κ1) is 11.9. The maximum Gasteiger partial charge on any atom is 0.154 e. The fourth-order valence-corrected chi connectivity index (χ4v) is 3.71. The summed E-state index contributed by atoms with van der Waals surface area (Å²) in [5, 5.41) is 11.5. The zero-order chi connectivity index (χ0) is 12.3. The summed E-state index contributed by atoms with van der Waals surface area (Å²) in [7, 11) is -2.94. The van der Waals surface area contributed by atoms with Gasteiger partial charge in [-0.3, -0.25) is 4.98 Å². The number of nitriles is 1. The van der Waals surface area contributed by atoms with Crippen molar-refractivity contribution in [3.8, 4) is 6.07 Å². The molecule has 1 unspecified atom stereocenters. The second-order valence-corrected chi connectivity index (χ2v) is 6.45. The van der Waals surface area contributed by atoms with Crippen molar-refractivity contribution >= 4 is 15.5 Å². The van der Waals surface area contributed by atoms with Gasteiger partial charge in [0.25, 0.3) is 0 Å². The first-order valence-corrected chi connectivity index (χ1v) is 7.14. The molecule has 5 nitrogen and oxygen atoms in total. The molecule has 2 rings (SSSR count). The number of sulfone groups is 1. The molecule has 0 radical (unpaired) electrons. The van der Waals surface area contributed by atoms with Crippen LogP contribution in [0.3, 0.4) is 0 Å². The molecule has 1 saturated heterocycles. The average molecular weight is 251 g/mol. The van der Waals surface area contributed by atoms with Gasteiger partial charge >= 0.3 is 0 Å². The Labute approximate surface area is 100 Å². The number of hydrogen-bond donors (Lipinski definition) is 1. The third-order valence-corrected chi connectivity index (χ3v) is 5.20. The number of aromatic nitrogens is 1. The molecule has 1 aliphatic heterocycles. The molecular weight excluding hydrogens is 238 g/mol. The van der Waals surface area contributed by atoms with Crippen molar-refractivity contribution in [1.29, 1.82) is 5.26 Å². The highest BCUT2D eigenvalue weighted by atomic mass is 32.2. The van der Waals surface area contributed by atoms with Crippen LogP contribution in [0.2, 0.25) is 0 Å². The molecule has 1 aromatic heterocycles. The summed E-state index contributed by atoms with van der Waals surface area (Å²) in [6.07, 6.45) is 4.50. The monoisotopic (exact) mass is 251 g/mol. The van der Waals surface area contributed by atoms with E-state index in [0.29, 0.717) is 24.2 Å². The summed E-state index contributed by atoms with van der Waals surface area (Å²) in [6.45, 7) is 0.350. The minimum atomic E-state index is -2.94. The molecule has 6 heteroatoms. The van der Waals surface area contributed by atoms with Gasteiger partial charge in [-0.2, -0.15) is 5.26 Å². The molecule has 17 heavy (non-hydrogen) atoms. The Balaban J connectivity index is 2.06. The van der Waals surface area contributed by atoms with E-state index in [-0.39, 0.29) is 11.0 Å². The lowest BCUT2D eigenvalue weighted by molar-refractivity contribution is 0.591. The molecule has 90 valence electrons. The van der Waals surface area contributed by atoms with Crippen molar-refractivity contribution in [2.75, 3.05) is 17.6 Å². The van der Waals surface area contributed by atoms with E-state index >= 15 is 0 Å². The van der Waals surface area contributed by atoms with Crippen LogP contribution in [0, 0.1) is 11.3 Å². The van der Waals surface area contributed by atoms with Gasteiger partial charge in [0.15, 0.2) is 9.84 Å². The van der Waals surface area contributed by atoms with Crippen LogP contribution in [-0.2, 0) is 9.84 Å². The average Bonchev–Trinajstić information content (AvgIpc) is 2.66. The lowest BCUT2D eigenvalue weighted by Crippen LogP contribution is -2.25. The molecule has 1 atom stereocenters. The van der Waals surface area contributed by atoms with Gasteiger partial charge in [-0.05, 0) is 18.9 Å². The van der Waals surface area contributed by atoms with Gasteiger partial charge in [0.05, 0.1) is 28.5 Å². The predicted octanol–water partition coefficient (Wildman–Crippen LogP) is 0.942. The van der Waals surface area contributed by atoms with E-state index in [1.807, 2.05) is 6.07 Å². The Bertz CT molecular complexity index is 548. The van der Waals surface area contributed by atoms with Crippen LogP contribution >= 0.6 is 0 Å². The van der Waals surface area contributed by atoms with Gasteiger partial charge in [-0.1, -0.05) is 0 Å². The van der Waals surface area contributed by atoms with Crippen LogP contribution in [0.5, 0.6) is 0 Å². The maximum atomic E-state index is 11.6. The molecule has 1 aliphatic rings. The van der Waals surface area contributed by atoms with Crippen LogP contribution in [0.1, 0.15) is 18.4 Å². The molecule has 0 saturated carbocycles. The van der Waals surface area contributed by atoms with Gasteiger partial charge in [-0.15, -0.1) is 0 Å². The topological polar surface area (TPSA) is 82.8 Å². The van der Waals surface area contributed by atoms with Crippen molar-refractivity contribution in [2.24, 2.45) is 0 Å². The highest BCUT2D eigenvalue weighted by molar-refractivity contribution is 7.92. The van der Waals surface area contributed by atoms with E-state index in [0.717, 1.165) is 6.42 Å². The third kappa shape index (κ3) is 2.56. The fraction of sp³-hybridized carbons (Fsp3) is 0.455. The zero-order valence-electron chi connectivity index (χ0n) is 9.26. The largest absolute Gasteiger partial charge is 0.381 e.